The highest BCUT2D eigenvalue weighted by Crippen LogP contribution is 2.34. The van der Waals surface area contributed by atoms with Crippen LogP contribution in [0.3, 0.4) is 0 Å². The molecule has 0 amide bonds. The van der Waals surface area contributed by atoms with Gasteiger partial charge >= 0.3 is 0 Å². The monoisotopic (exact) mass is 304 g/mol. The molecule has 0 unspecified atom stereocenters. The molecule has 0 aliphatic carbocycles. The molecule has 0 aliphatic rings. The van der Waals surface area contributed by atoms with Crippen LogP contribution in [0, 0.1) is 11.7 Å². The molecular weight excluding hydrogens is 287 g/mol. The van der Waals surface area contributed by atoms with Gasteiger partial charge in [0.2, 0.25) is 5.82 Å². The van der Waals surface area contributed by atoms with Gasteiger partial charge < -0.3 is 9.47 Å². The Hall–Kier alpha value is -0.770. The minimum atomic E-state index is -0.450. The Balaban J connectivity index is 2.94. The van der Waals surface area contributed by atoms with Crippen LogP contribution in [0.2, 0.25) is 0 Å². The summed E-state index contributed by atoms with van der Waals surface area (Å²) in [5.41, 5.74) is 0. The number of hydrogen-bond donors (Lipinski definition) is 0. The van der Waals surface area contributed by atoms with Crippen LogP contribution in [0.4, 0.5) is 4.39 Å². The Kier molecular flexibility index (Phi) is 5.25. The predicted octanol–water partition coefficient (Wildman–Crippen LogP) is 4.41. The first-order valence-electron chi connectivity index (χ1n) is 5.69. The fourth-order valence-electron chi connectivity index (χ4n) is 1.24. The summed E-state index contributed by atoms with van der Waals surface area (Å²) < 4.78 is 25.5. The van der Waals surface area contributed by atoms with Crippen molar-refractivity contribution < 1.29 is 13.9 Å². The lowest BCUT2D eigenvalue weighted by Crippen LogP contribution is -2.10. The zero-order valence-electron chi connectivity index (χ0n) is 10.6. The Morgan fingerprint density at radius 2 is 1.88 bits per heavy atom. The van der Waals surface area contributed by atoms with Crippen molar-refractivity contribution in [3.05, 3.63) is 22.4 Å². The molecule has 0 aliphatic heterocycles. The van der Waals surface area contributed by atoms with E-state index in [1.165, 1.54) is 0 Å². The topological polar surface area (TPSA) is 18.5 Å². The van der Waals surface area contributed by atoms with Crippen LogP contribution in [0.1, 0.15) is 27.7 Å². The van der Waals surface area contributed by atoms with E-state index in [1.54, 1.807) is 12.1 Å². The predicted molar refractivity (Wildman–Crippen MR) is 70.2 cm³/mol. The highest BCUT2D eigenvalue weighted by Gasteiger charge is 2.16. The van der Waals surface area contributed by atoms with E-state index in [9.17, 15) is 4.39 Å². The number of hydrogen-bond acceptors (Lipinski definition) is 2. The Bertz CT molecular complexity index is 378. The molecule has 0 spiro atoms. The van der Waals surface area contributed by atoms with Gasteiger partial charge in [0.25, 0.3) is 0 Å². The lowest BCUT2D eigenvalue weighted by Gasteiger charge is -2.15. The summed E-state index contributed by atoms with van der Waals surface area (Å²) >= 11 is 3.28. The van der Waals surface area contributed by atoms with Gasteiger partial charge in [-0.15, -0.1) is 0 Å². The molecular formula is C13H18BrFO2. The third kappa shape index (κ3) is 4.19. The van der Waals surface area contributed by atoms with Gasteiger partial charge in [0, 0.05) is 0 Å². The number of ether oxygens (including phenoxy) is 2. The van der Waals surface area contributed by atoms with Gasteiger partial charge in [0.05, 0.1) is 17.2 Å². The van der Waals surface area contributed by atoms with E-state index in [4.69, 9.17) is 9.47 Å². The minimum absolute atomic E-state index is 0.0661. The van der Waals surface area contributed by atoms with Gasteiger partial charge in [0.15, 0.2) is 11.5 Å². The molecule has 0 heterocycles. The van der Waals surface area contributed by atoms with Gasteiger partial charge in [-0.3, -0.25) is 0 Å². The zero-order chi connectivity index (χ0) is 13.0. The molecule has 17 heavy (non-hydrogen) atoms. The van der Waals surface area contributed by atoms with Crippen molar-refractivity contribution in [1.82, 2.24) is 0 Å². The van der Waals surface area contributed by atoms with Crippen molar-refractivity contribution in [2.24, 2.45) is 5.92 Å². The quantitative estimate of drug-likeness (QED) is 0.802. The van der Waals surface area contributed by atoms with E-state index < -0.39 is 5.82 Å². The third-order valence-electron chi connectivity index (χ3n) is 1.94. The standard InChI is InChI=1S/C13H18BrFO2/c1-8(2)7-16-13-10(14)5-6-11(12(13)15)17-9(3)4/h5-6,8-9H,7H2,1-4H3. The first-order chi connectivity index (χ1) is 7.91. The third-order valence-corrected chi connectivity index (χ3v) is 2.56. The molecule has 0 saturated heterocycles. The van der Waals surface area contributed by atoms with Crippen molar-refractivity contribution in [2.45, 2.75) is 33.8 Å². The smallest absolute Gasteiger partial charge is 0.208 e. The van der Waals surface area contributed by atoms with Gasteiger partial charge in [-0.1, -0.05) is 13.8 Å². The van der Waals surface area contributed by atoms with Crippen molar-refractivity contribution in [3.63, 3.8) is 0 Å². The van der Waals surface area contributed by atoms with Crippen LogP contribution < -0.4 is 9.47 Å². The molecule has 4 heteroatoms. The Morgan fingerprint density at radius 1 is 1.24 bits per heavy atom. The van der Waals surface area contributed by atoms with Gasteiger partial charge in [-0.25, -0.2) is 0 Å². The van der Waals surface area contributed by atoms with E-state index in [1.807, 2.05) is 27.7 Å². The number of rotatable bonds is 5. The lowest BCUT2D eigenvalue weighted by molar-refractivity contribution is 0.218. The fraction of sp³-hybridized carbons (Fsp3) is 0.538. The van der Waals surface area contributed by atoms with Gasteiger partial charge in [-0.05, 0) is 47.8 Å². The minimum Gasteiger partial charge on any atom is -0.489 e. The molecule has 0 aromatic heterocycles. The van der Waals surface area contributed by atoms with Crippen LogP contribution in [-0.4, -0.2) is 12.7 Å². The molecule has 0 N–H and O–H groups in total. The normalized spacial score (nSPS) is 11.1. The highest BCUT2D eigenvalue weighted by molar-refractivity contribution is 9.10. The summed E-state index contributed by atoms with van der Waals surface area (Å²) in [6.45, 7) is 8.22. The molecule has 1 aromatic rings. The largest absolute Gasteiger partial charge is 0.489 e. The zero-order valence-corrected chi connectivity index (χ0v) is 12.2. The van der Waals surface area contributed by atoms with E-state index in [2.05, 4.69) is 15.9 Å². The maximum absolute atomic E-state index is 14.1. The first-order valence-corrected chi connectivity index (χ1v) is 6.48. The molecule has 0 radical (unpaired) electrons. The molecule has 0 atom stereocenters. The molecule has 1 rings (SSSR count). The molecule has 1 aromatic carbocycles. The van der Waals surface area contributed by atoms with Crippen molar-refractivity contribution in [1.29, 1.82) is 0 Å². The fourth-order valence-corrected chi connectivity index (χ4v) is 1.66. The van der Waals surface area contributed by atoms with Gasteiger partial charge in [0.1, 0.15) is 0 Å². The van der Waals surface area contributed by atoms with Crippen LogP contribution in [0.5, 0.6) is 11.5 Å². The summed E-state index contributed by atoms with van der Waals surface area (Å²) in [6.07, 6.45) is -0.0661. The van der Waals surface area contributed by atoms with Crippen LogP contribution in [0.15, 0.2) is 16.6 Å². The van der Waals surface area contributed by atoms with Crippen molar-refractivity contribution in [2.75, 3.05) is 6.61 Å². The first kappa shape index (κ1) is 14.3. The maximum atomic E-state index is 14.1. The summed E-state index contributed by atoms with van der Waals surface area (Å²) in [5, 5.41) is 0. The Morgan fingerprint density at radius 3 is 2.41 bits per heavy atom. The van der Waals surface area contributed by atoms with E-state index in [0.29, 0.717) is 17.0 Å². The average molecular weight is 305 g/mol. The number of halogens is 2. The molecule has 0 fully saturated rings. The van der Waals surface area contributed by atoms with Crippen molar-refractivity contribution in [3.8, 4) is 11.5 Å². The second kappa shape index (κ2) is 6.24. The summed E-state index contributed by atoms with van der Waals surface area (Å²) in [6, 6.07) is 3.33. The van der Waals surface area contributed by atoms with E-state index >= 15 is 0 Å². The lowest BCUT2D eigenvalue weighted by atomic mass is 10.2. The molecule has 96 valence electrons. The van der Waals surface area contributed by atoms with Gasteiger partial charge in [-0.2, -0.15) is 4.39 Å². The second-order valence-electron chi connectivity index (χ2n) is 4.56. The summed E-state index contributed by atoms with van der Waals surface area (Å²) in [7, 11) is 0. The van der Waals surface area contributed by atoms with Crippen molar-refractivity contribution >= 4 is 15.9 Å². The van der Waals surface area contributed by atoms with E-state index in [0.717, 1.165) is 0 Å². The maximum Gasteiger partial charge on any atom is 0.208 e. The molecule has 0 bridgehead atoms. The summed E-state index contributed by atoms with van der Waals surface area (Å²) in [4.78, 5) is 0. The van der Waals surface area contributed by atoms with Crippen LogP contribution >= 0.6 is 15.9 Å². The summed E-state index contributed by atoms with van der Waals surface area (Å²) in [5.74, 6) is 0.337. The molecule has 0 saturated carbocycles. The number of benzene rings is 1. The Labute approximate surface area is 110 Å². The van der Waals surface area contributed by atoms with Crippen LogP contribution in [-0.2, 0) is 0 Å². The average Bonchev–Trinajstić information content (AvgIpc) is 2.21. The van der Waals surface area contributed by atoms with Crippen LogP contribution in [0.25, 0.3) is 0 Å². The van der Waals surface area contributed by atoms with E-state index in [-0.39, 0.29) is 17.6 Å². The molecule has 2 nitrogen and oxygen atoms in total. The second-order valence-corrected chi connectivity index (χ2v) is 5.41. The highest BCUT2D eigenvalue weighted by atomic mass is 79.9. The SMILES string of the molecule is CC(C)COc1c(Br)ccc(OC(C)C)c1F.